The largest absolute Gasteiger partial charge is 0.237 e. The molecule has 0 atom stereocenters. The summed E-state index contributed by atoms with van der Waals surface area (Å²) in [5.41, 5.74) is 0.357. The summed E-state index contributed by atoms with van der Waals surface area (Å²) >= 11 is 0. The number of rotatable bonds is 15. The Morgan fingerprint density at radius 2 is 1.29 bits per heavy atom. The van der Waals surface area contributed by atoms with Gasteiger partial charge in [-0.1, -0.05) is 79.6 Å². The van der Waals surface area contributed by atoms with Gasteiger partial charge in [0.1, 0.15) is 0 Å². The molecule has 0 bridgehead atoms. The van der Waals surface area contributed by atoms with Gasteiger partial charge in [0.2, 0.25) is 0 Å². The van der Waals surface area contributed by atoms with Gasteiger partial charge >= 0.3 is 0 Å². The lowest BCUT2D eigenvalue weighted by Gasteiger charge is -2.26. The summed E-state index contributed by atoms with van der Waals surface area (Å²) in [5.74, 6) is 0.748. The van der Waals surface area contributed by atoms with E-state index >= 15 is 0 Å². The Morgan fingerprint density at radius 3 is 1.86 bits per heavy atom. The Balaban J connectivity index is 3.22. The molecule has 0 aromatic heterocycles. The van der Waals surface area contributed by atoms with Gasteiger partial charge in [0, 0.05) is 0 Å². The van der Waals surface area contributed by atoms with Gasteiger partial charge in [0.15, 0.2) is 0 Å². The number of hydrogen-bond acceptors (Lipinski definition) is 2. The minimum absolute atomic E-state index is 0.357. The molecule has 0 aromatic carbocycles. The van der Waals surface area contributed by atoms with Crippen molar-refractivity contribution in [1.82, 2.24) is 0 Å². The van der Waals surface area contributed by atoms with Gasteiger partial charge in [-0.3, -0.25) is 0 Å². The molecule has 0 aliphatic heterocycles. The lowest BCUT2D eigenvalue weighted by atomic mass is 9.81. The molecular formula is C19H40O2. The minimum Gasteiger partial charge on any atom is -0.237 e. The molecule has 21 heavy (non-hydrogen) atoms. The van der Waals surface area contributed by atoms with E-state index in [-0.39, 0.29) is 0 Å². The Labute approximate surface area is 133 Å². The van der Waals surface area contributed by atoms with E-state index in [9.17, 15) is 0 Å². The topological polar surface area (TPSA) is 18.5 Å². The summed E-state index contributed by atoms with van der Waals surface area (Å²) in [5, 5.41) is 0. The zero-order valence-corrected chi connectivity index (χ0v) is 15.4. The maximum absolute atomic E-state index is 5.31. The van der Waals surface area contributed by atoms with Crippen LogP contribution in [-0.2, 0) is 9.78 Å². The second kappa shape index (κ2) is 13.6. The van der Waals surface area contributed by atoms with E-state index in [4.69, 9.17) is 9.78 Å². The molecule has 0 heterocycles. The molecule has 2 nitrogen and oxygen atoms in total. The van der Waals surface area contributed by atoms with Crippen molar-refractivity contribution in [2.75, 3.05) is 13.2 Å². The fourth-order valence-electron chi connectivity index (χ4n) is 2.94. The molecule has 0 saturated carbocycles. The number of hydrogen-bond donors (Lipinski definition) is 0. The van der Waals surface area contributed by atoms with Crippen LogP contribution in [0.2, 0.25) is 0 Å². The first-order valence-corrected chi connectivity index (χ1v) is 9.22. The van der Waals surface area contributed by atoms with Crippen LogP contribution in [0.4, 0.5) is 0 Å². The van der Waals surface area contributed by atoms with Crippen LogP contribution in [0.3, 0.4) is 0 Å². The van der Waals surface area contributed by atoms with Crippen LogP contribution in [0, 0.1) is 11.3 Å². The zero-order valence-electron chi connectivity index (χ0n) is 15.4. The van der Waals surface area contributed by atoms with E-state index in [2.05, 4.69) is 34.6 Å². The van der Waals surface area contributed by atoms with Crippen molar-refractivity contribution in [2.24, 2.45) is 11.3 Å². The molecule has 0 unspecified atom stereocenters. The molecular weight excluding hydrogens is 260 g/mol. The zero-order chi connectivity index (χ0) is 16.0. The highest BCUT2D eigenvalue weighted by Crippen LogP contribution is 2.28. The molecule has 0 amide bonds. The predicted octanol–water partition coefficient (Wildman–Crippen LogP) is 6.54. The molecule has 0 fully saturated rings. The van der Waals surface area contributed by atoms with Gasteiger partial charge < -0.3 is 0 Å². The van der Waals surface area contributed by atoms with Gasteiger partial charge in [-0.05, 0) is 30.6 Å². The maximum Gasteiger partial charge on any atom is 0.0827 e. The summed E-state index contributed by atoms with van der Waals surface area (Å²) in [6.45, 7) is 12.9. The lowest BCUT2D eigenvalue weighted by Crippen LogP contribution is -2.17. The molecule has 0 rings (SSSR count). The minimum atomic E-state index is 0.357. The van der Waals surface area contributed by atoms with Crippen LogP contribution in [0.25, 0.3) is 0 Å². The molecule has 0 N–H and O–H groups in total. The van der Waals surface area contributed by atoms with Gasteiger partial charge in [-0.2, -0.15) is 0 Å². The molecule has 0 aromatic rings. The van der Waals surface area contributed by atoms with E-state index in [1.807, 2.05) is 0 Å². The molecule has 2 heteroatoms. The highest BCUT2D eigenvalue weighted by atomic mass is 17.2. The highest BCUT2D eigenvalue weighted by molar-refractivity contribution is 4.69. The fraction of sp³-hybridized carbons (Fsp3) is 1.00. The van der Waals surface area contributed by atoms with Crippen LogP contribution < -0.4 is 0 Å². The van der Waals surface area contributed by atoms with Crippen molar-refractivity contribution in [1.29, 1.82) is 0 Å². The second-order valence-electron chi connectivity index (χ2n) is 7.63. The van der Waals surface area contributed by atoms with Gasteiger partial charge in [0.05, 0.1) is 13.2 Å². The average Bonchev–Trinajstić information content (AvgIpc) is 2.38. The SMILES string of the molecule is CCCCCCCCCCOOCCC(C)(C)CC(C)C. The molecule has 0 aliphatic rings. The highest BCUT2D eigenvalue weighted by Gasteiger charge is 2.19. The van der Waals surface area contributed by atoms with E-state index < -0.39 is 0 Å². The third-order valence-corrected chi connectivity index (χ3v) is 3.99. The van der Waals surface area contributed by atoms with Crippen molar-refractivity contribution in [2.45, 2.75) is 98.8 Å². The Bertz CT molecular complexity index is 212. The standard InChI is InChI=1S/C19H40O2/c1-6-7-8-9-10-11-12-13-15-20-21-16-14-19(4,5)17-18(2)3/h18H,6-17H2,1-5H3. The molecule has 0 spiro atoms. The van der Waals surface area contributed by atoms with E-state index in [1.165, 1.54) is 51.4 Å². The normalized spacial score (nSPS) is 12.3. The lowest BCUT2D eigenvalue weighted by molar-refractivity contribution is -0.297. The first-order chi connectivity index (χ1) is 9.98. The van der Waals surface area contributed by atoms with E-state index in [1.54, 1.807) is 0 Å². The van der Waals surface area contributed by atoms with Crippen LogP contribution >= 0.6 is 0 Å². The first-order valence-electron chi connectivity index (χ1n) is 9.22. The number of unbranched alkanes of at least 4 members (excludes halogenated alkanes) is 7. The van der Waals surface area contributed by atoms with Crippen molar-refractivity contribution < 1.29 is 9.78 Å². The molecule has 0 saturated heterocycles. The van der Waals surface area contributed by atoms with E-state index in [0.717, 1.165) is 32.0 Å². The second-order valence-corrected chi connectivity index (χ2v) is 7.63. The predicted molar refractivity (Wildman–Crippen MR) is 92.4 cm³/mol. The molecule has 0 aliphatic carbocycles. The summed E-state index contributed by atoms with van der Waals surface area (Å²) in [6.07, 6.45) is 13.0. The average molecular weight is 301 g/mol. The molecule has 0 radical (unpaired) electrons. The maximum atomic E-state index is 5.31. The summed E-state index contributed by atoms with van der Waals surface area (Å²) in [6, 6.07) is 0. The van der Waals surface area contributed by atoms with Gasteiger partial charge in [-0.15, -0.1) is 0 Å². The van der Waals surface area contributed by atoms with Crippen LogP contribution in [0.5, 0.6) is 0 Å². The Hall–Kier alpha value is -0.0800. The van der Waals surface area contributed by atoms with E-state index in [0.29, 0.717) is 5.41 Å². The monoisotopic (exact) mass is 300 g/mol. The van der Waals surface area contributed by atoms with Crippen molar-refractivity contribution >= 4 is 0 Å². The van der Waals surface area contributed by atoms with Crippen molar-refractivity contribution in [3.05, 3.63) is 0 Å². The summed E-state index contributed by atoms with van der Waals surface area (Å²) in [7, 11) is 0. The Kier molecular flexibility index (Phi) is 13.5. The van der Waals surface area contributed by atoms with Crippen LogP contribution in [0.1, 0.15) is 98.8 Å². The van der Waals surface area contributed by atoms with Gasteiger partial charge in [0.25, 0.3) is 0 Å². The molecule has 128 valence electrons. The van der Waals surface area contributed by atoms with Gasteiger partial charge in [-0.25, -0.2) is 9.78 Å². The van der Waals surface area contributed by atoms with Crippen molar-refractivity contribution in [3.63, 3.8) is 0 Å². The summed E-state index contributed by atoms with van der Waals surface area (Å²) in [4.78, 5) is 10.6. The van der Waals surface area contributed by atoms with Crippen LogP contribution in [-0.4, -0.2) is 13.2 Å². The third kappa shape index (κ3) is 16.1. The Morgan fingerprint density at radius 1 is 0.762 bits per heavy atom. The quantitative estimate of drug-likeness (QED) is 0.194. The van der Waals surface area contributed by atoms with Crippen LogP contribution in [0.15, 0.2) is 0 Å². The smallest absolute Gasteiger partial charge is 0.0827 e. The fourth-order valence-corrected chi connectivity index (χ4v) is 2.94. The third-order valence-electron chi connectivity index (χ3n) is 3.99. The van der Waals surface area contributed by atoms with Crippen molar-refractivity contribution in [3.8, 4) is 0 Å². The first kappa shape index (κ1) is 20.9. The summed E-state index contributed by atoms with van der Waals surface area (Å²) < 4.78 is 0.